The summed E-state index contributed by atoms with van der Waals surface area (Å²) in [5.74, 6) is 3.58. The molecule has 0 aliphatic heterocycles. The van der Waals surface area contributed by atoms with Gasteiger partial charge in [0.15, 0.2) is 0 Å². The molecule has 5 nitrogen and oxygen atoms in total. The Morgan fingerprint density at radius 1 is 0.919 bits per heavy atom. The maximum absolute atomic E-state index is 13.5. The van der Waals surface area contributed by atoms with Crippen LogP contribution in [0.3, 0.4) is 0 Å². The van der Waals surface area contributed by atoms with E-state index in [4.69, 9.17) is 4.74 Å². The molecule has 2 aromatic rings. The Morgan fingerprint density at radius 3 is 2.08 bits per heavy atom. The number of nitrogens with one attached hydrogen (secondary N) is 1. The van der Waals surface area contributed by atoms with E-state index in [1.165, 1.54) is 12.1 Å². The highest BCUT2D eigenvalue weighted by atomic mass is 19.4. The molecule has 0 spiro atoms. The van der Waals surface area contributed by atoms with Gasteiger partial charge in [-0.2, -0.15) is 26.3 Å². The minimum absolute atomic E-state index is 0.0486. The number of amides is 2. The first-order chi connectivity index (χ1) is 17.0. The van der Waals surface area contributed by atoms with E-state index in [-0.39, 0.29) is 24.8 Å². The van der Waals surface area contributed by atoms with Crippen molar-refractivity contribution in [1.29, 1.82) is 0 Å². The number of benzene rings is 2. The molecule has 0 aliphatic rings. The van der Waals surface area contributed by atoms with E-state index in [1.807, 2.05) is 0 Å². The van der Waals surface area contributed by atoms with Gasteiger partial charge in [-0.25, -0.2) is 9.18 Å². The molecule has 0 heterocycles. The van der Waals surface area contributed by atoms with Crippen molar-refractivity contribution >= 4 is 17.7 Å². The topological polar surface area (TPSA) is 58.6 Å². The second-order valence-electron chi connectivity index (χ2n) is 8.71. The fourth-order valence-electron chi connectivity index (χ4n) is 3.00. The van der Waals surface area contributed by atoms with E-state index in [0.29, 0.717) is 12.1 Å². The summed E-state index contributed by atoms with van der Waals surface area (Å²) in [6.07, 6.45) is -11.8. The number of alkyl carbamates (subject to hydrolysis) is 1. The van der Waals surface area contributed by atoms with Crippen molar-refractivity contribution in [2.45, 2.75) is 45.1 Å². The molecular weight excluding hydrogens is 509 g/mol. The van der Waals surface area contributed by atoms with Crippen molar-refractivity contribution in [1.82, 2.24) is 5.32 Å². The molecular formula is C25H23F7N2O3. The first-order valence-electron chi connectivity index (χ1n) is 10.7. The fraction of sp³-hybridized carbons (Fsp3) is 0.360. The second-order valence-corrected chi connectivity index (χ2v) is 8.71. The summed E-state index contributed by atoms with van der Waals surface area (Å²) in [7, 11) is 0. The van der Waals surface area contributed by atoms with Crippen LogP contribution in [0.4, 0.5) is 41.2 Å². The van der Waals surface area contributed by atoms with E-state index < -0.39 is 58.9 Å². The second kappa shape index (κ2) is 11.5. The lowest BCUT2D eigenvalue weighted by Gasteiger charge is -2.22. The highest BCUT2D eigenvalue weighted by molar-refractivity contribution is 5.95. The Morgan fingerprint density at radius 2 is 1.54 bits per heavy atom. The van der Waals surface area contributed by atoms with Crippen LogP contribution in [-0.4, -0.2) is 30.7 Å². The molecule has 0 aliphatic carbocycles. The summed E-state index contributed by atoms with van der Waals surface area (Å²) in [6.45, 7) is 4.45. The van der Waals surface area contributed by atoms with Crippen LogP contribution in [0.2, 0.25) is 0 Å². The van der Waals surface area contributed by atoms with Crippen molar-refractivity contribution in [3.63, 3.8) is 0 Å². The van der Waals surface area contributed by atoms with Crippen molar-refractivity contribution in [3.05, 3.63) is 65.0 Å². The number of anilines is 1. The van der Waals surface area contributed by atoms with Crippen molar-refractivity contribution in [2.75, 3.05) is 18.0 Å². The highest BCUT2D eigenvalue weighted by Gasteiger charge is 2.38. The minimum Gasteiger partial charge on any atom is -0.444 e. The van der Waals surface area contributed by atoms with Crippen LogP contribution >= 0.6 is 0 Å². The Kier molecular flexibility index (Phi) is 9.19. The summed E-state index contributed by atoms with van der Waals surface area (Å²) in [5.41, 5.74) is -4.41. The van der Waals surface area contributed by atoms with Crippen molar-refractivity contribution in [2.24, 2.45) is 0 Å². The number of hydrogen-bond donors (Lipinski definition) is 1. The zero-order chi connectivity index (χ0) is 28.0. The first kappa shape index (κ1) is 29.5. The molecule has 200 valence electrons. The van der Waals surface area contributed by atoms with Crippen LogP contribution in [-0.2, 0) is 28.3 Å². The predicted molar refractivity (Wildman–Crippen MR) is 121 cm³/mol. The smallest absolute Gasteiger partial charge is 0.416 e. The number of nitrogens with zero attached hydrogens (tertiary/aromatic N) is 1. The van der Waals surface area contributed by atoms with Crippen molar-refractivity contribution < 1.29 is 45.1 Å². The molecule has 0 saturated heterocycles. The van der Waals surface area contributed by atoms with Gasteiger partial charge in [-0.15, -0.1) is 0 Å². The molecule has 0 bridgehead atoms. The van der Waals surface area contributed by atoms with E-state index in [0.717, 1.165) is 17.0 Å². The zero-order valence-electron chi connectivity index (χ0n) is 20.0. The van der Waals surface area contributed by atoms with Gasteiger partial charge in [-0.05, 0) is 62.7 Å². The van der Waals surface area contributed by atoms with Gasteiger partial charge in [0, 0.05) is 5.69 Å². The number of carbonyl (C=O) groups is 2. The summed E-state index contributed by atoms with van der Waals surface area (Å²) < 4.78 is 97.7. The molecule has 12 heteroatoms. The van der Waals surface area contributed by atoms with Gasteiger partial charge >= 0.3 is 18.4 Å². The van der Waals surface area contributed by atoms with Gasteiger partial charge in [-0.1, -0.05) is 17.9 Å². The highest BCUT2D eigenvalue weighted by Crippen LogP contribution is 2.37. The Bertz CT molecular complexity index is 1170. The Labute approximate surface area is 208 Å². The molecule has 2 aromatic carbocycles. The van der Waals surface area contributed by atoms with Crippen molar-refractivity contribution in [3.8, 4) is 11.8 Å². The normalized spacial score (nSPS) is 11.8. The van der Waals surface area contributed by atoms with Crippen LogP contribution in [0.5, 0.6) is 0 Å². The number of ether oxygens (including phenoxy) is 1. The van der Waals surface area contributed by atoms with Crippen LogP contribution in [0.25, 0.3) is 0 Å². The molecule has 37 heavy (non-hydrogen) atoms. The molecule has 0 unspecified atom stereocenters. The van der Waals surface area contributed by atoms with Gasteiger partial charge in [-0.3, -0.25) is 4.79 Å². The molecule has 0 radical (unpaired) electrons. The lowest BCUT2D eigenvalue weighted by Crippen LogP contribution is -2.34. The third-order valence-corrected chi connectivity index (χ3v) is 4.61. The first-order valence-corrected chi connectivity index (χ1v) is 10.7. The van der Waals surface area contributed by atoms with Gasteiger partial charge in [0.25, 0.3) is 0 Å². The van der Waals surface area contributed by atoms with Crippen LogP contribution in [0.1, 0.15) is 37.5 Å². The molecule has 0 aromatic heterocycles. The number of hydrogen-bond acceptors (Lipinski definition) is 3. The maximum atomic E-state index is 13.5. The Balaban J connectivity index is 2.27. The van der Waals surface area contributed by atoms with Gasteiger partial charge < -0.3 is 15.0 Å². The van der Waals surface area contributed by atoms with E-state index in [9.17, 15) is 40.3 Å². The number of rotatable bonds is 5. The summed E-state index contributed by atoms with van der Waals surface area (Å²) in [5, 5.41) is 2.37. The summed E-state index contributed by atoms with van der Waals surface area (Å²) in [4.78, 5) is 25.6. The quantitative estimate of drug-likeness (QED) is 0.382. The van der Waals surface area contributed by atoms with Gasteiger partial charge in [0.1, 0.15) is 11.4 Å². The van der Waals surface area contributed by atoms with E-state index in [1.54, 1.807) is 20.8 Å². The number of halogens is 7. The summed E-state index contributed by atoms with van der Waals surface area (Å²) >= 11 is 0. The average Bonchev–Trinajstić information content (AvgIpc) is 2.74. The molecule has 2 amide bonds. The third-order valence-electron chi connectivity index (χ3n) is 4.61. The average molecular weight is 532 g/mol. The SMILES string of the molecule is CC(C)(C)OC(=O)NCC#CCN(C(=O)Cc1ccc(C(F)(F)F)cc1C(F)(F)F)c1ccc(F)cc1. The van der Waals surface area contributed by atoms with Crippen LogP contribution < -0.4 is 10.2 Å². The number of alkyl halides is 6. The van der Waals surface area contributed by atoms with Gasteiger partial charge in [0.05, 0.1) is 30.6 Å². The lowest BCUT2D eigenvalue weighted by molar-refractivity contribution is -0.143. The predicted octanol–water partition coefficient (Wildman–Crippen LogP) is 5.97. The summed E-state index contributed by atoms with van der Waals surface area (Å²) in [6, 6.07) is 5.45. The van der Waals surface area contributed by atoms with Gasteiger partial charge in [0.2, 0.25) is 5.91 Å². The largest absolute Gasteiger partial charge is 0.444 e. The maximum Gasteiger partial charge on any atom is 0.416 e. The number of carbonyl (C=O) groups excluding carboxylic acids is 2. The monoisotopic (exact) mass is 532 g/mol. The Hall–Kier alpha value is -3.75. The van der Waals surface area contributed by atoms with Crippen LogP contribution in [0, 0.1) is 17.7 Å². The third kappa shape index (κ3) is 9.33. The molecule has 1 N–H and O–H groups in total. The van der Waals surface area contributed by atoms with E-state index in [2.05, 4.69) is 17.2 Å². The molecule has 0 fully saturated rings. The lowest BCUT2D eigenvalue weighted by atomic mass is 10.00. The molecule has 0 atom stereocenters. The van der Waals surface area contributed by atoms with E-state index >= 15 is 0 Å². The molecule has 2 rings (SSSR count). The fourth-order valence-corrected chi connectivity index (χ4v) is 3.00. The van der Waals surface area contributed by atoms with Crippen LogP contribution in [0.15, 0.2) is 42.5 Å². The minimum atomic E-state index is -5.15. The standard InChI is InChI=1S/C25H23F7N2O3/c1-23(2,3)37-22(36)33-12-4-5-13-34(19-10-8-18(26)9-11-19)21(35)14-16-6-7-17(24(27,28)29)15-20(16)25(30,31)32/h6-11,15H,12-14H2,1-3H3,(H,33,36). The molecule has 0 saturated carbocycles. The zero-order valence-corrected chi connectivity index (χ0v) is 20.0.